The zero-order chi connectivity index (χ0) is 95.5. The molecule has 137 heavy (non-hydrogen) atoms. The summed E-state index contributed by atoms with van der Waals surface area (Å²) in [6.45, 7) is 16.2. The fraction of sp³-hybridized carbons (Fsp3) is 0.104. The molecular weight excluding hydrogens is 1760 g/mol. The van der Waals surface area contributed by atoms with Gasteiger partial charge in [-0.05, 0) is 251 Å². The largest absolute Gasteiger partial charge is 0.417 e. The van der Waals surface area contributed by atoms with Gasteiger partial charge >= 0.3 is 6.18 Å². The number of fused-ring (bicyclic) bond motifs is 12. The van der Waals surface area contributed by atoms with Crippen molar-refractivity contribution in [1.82, 2.24) is 55.2 Å². The van der Waals surface area contributed by atoms with Gasteiger partial charge in [-0.2, -0.15) is 13.2 Å². The molecule has 10 heterocycles. The van der Waals surface area contributed by atoms with Gasteiger partial charge < -0.3 is 25.3 Å². The Morgan fingerprint density at radius 3 is 1.55 bits per heavy atom. The molecule has 0 unspecified atom stereocenters. The first-order valence-corrected chi connectivity index (χ1v) is 44.8. The van der Waals surface area contributed by atoms with E-state index in [-0.39, 0.29) is 40.7 Å². The number of allylic oxidation sites excluding steroid dienone is 2. The van der Waals surface area contributed by atoms with Crippen LogP contribution in [0.2, 0.25) is 5.02 Å². The van der Waals surface area contributed by atoms with Crippen LogP contribution in [0.15, 0.2) is 298 Å². The number of benzene rings is 12. The molecule has 22 heteroatoms. The molecular formula is C115H85ClF9N11O. The number of para-hydroxylation sites is 4. The Hall–Kier alpha value is -16.1. The van der Waals surface area contributed by atoms with Crippen LogP contribution in [0.4, 0.5) is 39.5 Å². The standard InChI is InChI=1S/C20H16ClN.C20H16FN3O.C19H13F3N2.C19H12F3N.C19H16N2.C18H12F2N2/c1-12-6-8-16-15(13(12)2)9-10-17(16)19-11-7-14-4-3-5-18(21)20(14)22-19;1-11-8-19-14(9-16(11)21)15(10-23-19)18-7-6-12-13(20(25)22-2)4-3-5-17(12)24-18;1-11-4-2-5-12-14(10-23-18(11)12)17-9-8-13-15(19(20,21)22)6-3-7-16(13)24-17;1-10-2-6-16-11(8-10)3-7-17(23-16)12-4-5-13-14(12)9-15(20)19(22)18(13)21;1-12-6-7-14-8-9-17(21-18(14)10-12)16-11-20-19-13(2)4-3-5-15(16)19;1-10-7-12(19)8-13-14(9-21-17(10)13)16-6-5-11-3-2-4-15(20)18(11)22-16/h3-8,10-11H,9H2,1-2H3;3-10,23H,1-2H3,(H,22,25);2-10,23H,1H3;2-4,6-9H,5H2,1H3;3-11,20H,1-2H3;2-9,21H,1H3. The lowest BCUT2D eigenvalue weighted by Crippen LogP contribution is -2.18. The van der Waals surface area contributed by atoms with E-state index >= 15 is 0 Å². The van der Waals surface area contributed by atoms with Crippen LogP contribution in [-0.2, 0) is 19.0 Å². The smallest absolute Gasteiger partial charge is 0.360 e. The Morgan fingerprint density at radius 2 is 0.869 bits per heavy atom. The number of amides is 1. The molecule has 0 spiro atoms. The summed E-state index contributed by atoms with van der Waals surface area (Å²) >= 11 is 6.30. The highest BCUT2D eigenvalue weighted by Crippen LogP contribution is 2.43. The molecule has 2 aliphatic rings. The number of carbonyl (C=O) groups is 1. The van der Waals surface area contributed by atoms with E-state index in [9.17, 15) is 44.3 Å². The fourth-order valence-electron chi connectivity index (χ4n) is 18.1. The van der Waals surface area contributed by atoms with Crippen molar-refractivity contribution in [3.63, 3.8) is 0 Å². The SMILES string of the molecule is CNC(=O)c1cccc2nc(-c3c[nH]c4cc(C)c(F)cc34)ccc12.Cc1cc(F)cc2c(-c3ccc4cccc(F)c4n3)c[nH]c12.Cc1ccc2c(c1C)CC=C2c1ccc2cccc(Cl)c2n1.Cc1ccc2ccc(-c3c[nH]c4c(C)cccc34)nc2c1.Cc1ccc2nc(C3=CCc4c3cc(F)c(F)c4F)ccc2c1.Cc1cccc2c(-c3ccc4c(C(F)(F)F)cccc4n3)c[nH]c12. The molecule has 22 aromatic rings. The summed E-state index contributed by atoms with van der Waals surface area (Å²) in [6.07, 6.45) is 8.40. The predicted molar refractivity (Wildman–Crippen MR) is 535 cm³/mol. The highest BCUT2D eigenvalue weighted by molar-refractivity contribution is 6.35. The monoisotopic (exact) mass is 1840 g/mol. The average molecular weight is 1840 g/mol. The van der Waals surface area contributed by atoms with Crippen molar-refractivity contribution in [2.24, 2.45) is 0 Å². The van der Waals surface area contributed by atoms with Gasteiger partial charge in [-0.3, -0.25) is 4.79 Å². The number of carbonyl (C=O) groups excluding carboxylic acids is 1. The number of aromatic nitrogens is 10. The van der Waals surface area contributed by atoms with Crippen molar-refractivity contribution >= 4 is 138 Å². The van der Waals surface area contributed by atoms with Gasteiger partial charge in [-0.15, -0.1) is 0 Å². The summed E-state index contributed by atoms with van der Waals surface area (Å²) < 4.78 is 122. The fourth-order valence-corrected chi connectivity index (χ4v) is 18.4. The van der Waals surface area contributed by atoms with E-state index < -0.39 is 29.2 Å². The van der Waals surface area contributed by atoms with E-state index in [1.165, 1.54) is 91.6 Å². The number of nitrogens with zero attached hydrogens (tertiary/aromatic N) is 6. The van der Waals surface area contributed by atoms with Gasteiger partial charge in [0, 0.05) is 152 Å². The Morgan fingerprint density at radius 1 is 0.350 bits per heavy atom. The first-order valence-electron chi connectivity index (χ1n) is 44.4. The maximum absolute atomic E-state index is 14.0. The van der Waals surface area contributed by atoms with Crippen molar-refractivity contribution in [1.29, 1.82) is 0 Å². The third kappa shape index (κ3) is 17.7. The zero-order valence-corrected chi connectivity index (χ0v) is 76.3. The Kier molecular flexibility index (Phi) is 24.3. The Balaban J connectivity index is 0.000000105. The maximum Gasteiger partial charge on any atom is 0.417 e. The van der Waals surface area contributed by atoms with Crippen LogP contribution in [0.5, 0.6) is 0 Å². The van der Waals surface area contributed by atoms with Crippen molar-refractivity contribution < 1.29 is 44.3 Å². The quantitative estimate of drug-likeness (QED) is 0.0781. The Bertz CT molecular complexity index is 8700. The van der Waals surface area contributed by atoms with Crippen LogP contribution in [0.3, 0.4) is 0 Å². The minimum Gasteiger partial charge on any atom is -0.360 e. The number of rotatable bonds is 7. The van der Waals surface area contributed by atoms with Crippen molar-refractivity contribution in [2.45, 2.75) is 74.4 Å². The highest BCUT2D eigenvalue weighted by Gasteiger charge is 2.33. The molecule has 12 nitrogen and oxygen atoms in total. The van der Waals surface area contributed by atoms with Crippen LogP contribution in [-0.4, -0.2) is 62.8 Å². The molecule has 2 aliphatic carbocycles. The van der Waals surface area contributed by atoms with Crippen molar-refractivity contribution in [3.8, 4) is 45.0 Å². The second kappa shape index (κ2) is 37.0. The minimum absolute atomic E-state index is 0.116. The summed E-state index contributed by atoms with van der Waals surface area (Å²) in [5.41, 5.74) is 30.4. The van der Waals surface area contributed by atoms with E-state index in [1.54, 1.807) is 56.6 Å². The van der Waals surface area contributed by atoms with Gasteiger partial charge in [0.05, 0.1) is 72.3 Å². The molecule has 0 fully saturated rings. The molecule has 1 amide bonds. The normalized spacial score (nSPS) is 12.1. The summed E-state index contributed by atoms with van der Waals surface area (Å²) in [4.78, 5) is 52.7. The number of H-pyrrole nitrogens is 4. The third-order valence-electron chi connectivity index (χ3n) is 25.4. The third-order valence-corrected chi connectivity index (χ3v) is 25.7. The second-order valence-corrected chi connectivity index (χ2v) is 34.7. The lowest BCUT2D eigenvalue weighted by Gasteiger charge is -2.11. The van der Waals surface area contributed by atoms with Crippen molar-refractivity contribution in [3.05, 3.63) is 427 Å². The van der Waals surface area contributed by atoms with Gasteiger partial charge in [0.25, 0.3) is 5.91 Å². The molecule has 12 aromatic carbocycles. The molecule has 5 N–H and O–H groups in total. The predicted octanol–water partition coefficient (Wildman–Crippen LogP) is 30.3. The highest BCUT2D eigenvalue weighted by atomic mass is 35.5. The van der Waals surface area contributed by atoms with Gasteiger partial charge in [-0.1, -0.05) is 163 Å². The van der Waals surface area contributed by atoms with E-state index in [0.717, 1.165) is 151 Å². The Labute approximate surface area is 785 Å². The first kappa shape index (κ1) is 90.1. The maximum atomic E-state index is 14.0. The van der Waals surface area contributed by atoms with Gasteiger partial charge in [0.2, 0.25) is 0 Å². The molecule has 0 radical (unpaired) electrons. The van der Waals surface area contributed by atoms with Gasteiger partial charge in [0.15, 0.2) is 17.5 Å². The zero-order valence-electron chi connectivity index (χ0n) is 75.6. The number of aromatic amines is 4. The summed E-state index contributed by atoms with van der Waals surface area (Å²) in [7, 11) is 1.60. The lowest BCUT2D eigenvalue weighted by atomic mass is 9.96. The number of halogens is 10. The first-order chi connectivity index (χ1) is 66.1. The number of pyridine rings is 6. The molecule has 0 saturated heterocycles. The van der Waals surface area contributed by atoms with E-state index in [1.807, 2.05) is 142 Å². The molecule has 676 valence electrons. The number of hydrogen-bond donors (Lipinski definition) is 5. The van der Waals surface area contributed by atoms with Gasteiger partial charge in [0.1, 0.15) is 23.0 Å². The molecule has 0 saturated carbocycles. The van der Waals surface area contributed by atoms with E-state index in [2.05, 4.69) is 158 Å². The van der Waals surface area contributed by atoms with E-state index in [0.29, 0.717) is 55.4 Å². The number of hydrogen-bond acceptors (Lipinski definition) is 7. The number of aryl methyl sites for hydroxylation is 7. The van der Waals surface area contributed by atoms with Crippen LogP contribution in [0, 0.1) is 90.3 Å². The van der Waals surface area contributed by atoms with Crippen LogP contribution < -0.4 is 5.32 Å². The van der Waals surface area contributed by atoms with E-state index in [4.69, 9.17) is 21.6 Å². The van der Waals surface area contributed by atoms with Crippen LogP contribution >= 0.6 is 11.6 Å². The topological polar surface area (TPSA) is 170 Å². The summed E-state index contributed by atoms with van der Waals surface area (Å²) in [5, 5.41) is 12.0. The molecule has 0 bridgehead atoms. The average Bonchev–Trinajstić information content (AvgIpc) is 1.58. The molecule has 24 rings (SSSR count). The molecule has 0 atom stereocenters. The minimum atomic E-state index is -4.39. The second-order valence-electron chi connectivity index (χ2n) is 34.3. The lowest BCUT2D eigenvalue weighted by molar-refractivity contribution is -0.136. The van der Waals surface area contributed by atoms with Crippen molar-refractivity contribution in [2.75, 3.05) is 7.05 Å². The summed E-state index contributed by atoms with van der Waals surface area (Å²) in [5.74, 6) is -4.74. The molecule has 0 aliphatic heterocycles. The summed E-state index contributed by atoms with van der Waals surface area (Å²) in [6, 6.07) is 79.3. The number of nitrogens with one attached hydrogen (secondary N) is 5. The van der Waals surface area contributed by atoms with Gasteiger partial charge in [-0.25, -0.2) is 56.2 Å². The van der Waals surface area contributed by atoms with Crippen LogP contribution in [0.25, 0.3) is 165 Å². The molecule has 10 aromatic heterocycles. The number of alkyl halides is 3. The van der Waals surface area contributed by atoms with Crippen LogP contribution in [0.1, 0.15) is 94.1 Å².